The van der Waals surface area contributed by atoms with E-state index in [2.05, 4.69) is 17.6 Å². The number of nitrogens with one attached hydrogen (secondary N) is 2. The third-order valence-electron chi connectivity index (χ3n) is 4.12. The summed E-state index contributed by atoms with van der Waals surface area (Å²) >= 11 is 1.77. The van der Waals surface area contributed by atoms with Crippen LogP contribution in [0.25, 0.3) is 0 Å². The molecule has 2 heterocycles. The molecule has 1 saturated heterocycles. The van der Waals surface area contributed by atoms with Gasteiger partial charge in [-0.2, -0.15) is 0 Å². The lowest BCUT2D eigenvalue weighted by Crippen LogP contribution is -2.43. The minimum atomic E-state index is 0. The van der Waals surface area contributed by atoms with Crippen LogP contribution in [0, 0.1) is 6.92 Å². The predicted octanol–water partition coefficient (Wildman–Crippen LogP) is 2.67. The van der Waals surface area contributed by atoms with Gasteiger partial charge in [-0.1, -0.05) is 0 Å². The minimum absolute atomic E-state index is 0. The van der Waals surface area contributed by atoms with Crippen LogP contribution in [0.1, 0.15) is 35.3 Å². The Hall–Kier alpha value is -0.620. The molecule has 21 heavy (non-hydrogen) atoms. The number of carbonyl (C=O) groups excluding carboxylic acids is 1. The third kappa shape index (κ3) is 3.97. The number of hydrogen-bond donors (Lipinski definition) is 2. The molecule has 1 aromatic rings. The molecule has 0 spiro atoms. The molecule has 0 bridgehead atoms. The first kappa shape index (κ1) is 16.7. The van der Waals surface area contributed by atoms with Gasteiger partial charge in [0, 0.05) is 23.9 Å². The average molecular weight is 331 g/mol. The second-order valence-corrected chi connectivity index (χ2v) is 6.75. The molecule has 2 aliphatic rings. The summed E-state index contributed by atoms with van der Waals surface area (Å²) in [6.07, 6.45) is 5.40. The largest absolute Gasteiger partial charge is 0.378 e. The van der Waals surface area contributed by atoms with Crippen LogP contribution in [0.3, 0.4) is 0 Å². The minimum Gasteiger partial charge on any atom is -0.378 e. The van der Waals surface area contributed by atoms with E-state index in [9.17, 15) is 4.79 Å². The normalized spacial score (nSPS) is 21.3. The van der Waals surface area contributed by atoms with Crippen molar-refractivity contribution in [2.45, 2.75) is 45.1 Å². The number of thiophene rings is 1. The number of anilines is 1. The van der Waals surface area contributed by atoms with Crippen molar-refractivity contribution in [1.29, 1.82) is 0 Å². The highest BCUT2D eigenvalue weighted by atomic mass is 35.5. The van der Waals surface area contributed by atoms with Gasteiger partial charge in [-0.05, 0) is 43.7 Å². The Morgan fingerprint density at radius 1 is 1.43 bits per heavy atom. The fraction of sp³-hybridized carbons (Fsp3) is 0.667. The van der Waals surface area contributed by atoms with Gasteiger partial charge >= 0.3 is 0 Å². The number of amides is 1. The Kier molecular flexibility index (Phi) is 6.05. The van der Waals surface area contributed by atoms with Crippen molar-refractivity contribution < 1.29 is 9.53 Å². The molecule has 6 heteroatoms. The number of hydrogen-bond acceptors (Lipinski definition) is 4. The number of rotatable bonds is 3. The lowest BCUT2D eigenvalue weighted by Gasteiger charge is -2.23. The molecule has 4 nitrogen and oxygen atoms in total. The van der Waals surface area contributed by atoms with Gasteiger partial charge in [-0.25, -0.2) is 0 Å². The SMILES string of the molecule is Cc1c(NC(=O)CC2COCCN2)sc2c1CCCC2.Cl. The van der Waals surface area contributed by atoms with Crippen molar-refractivity contribution in [2.75, 3.05) is 25.1 Å². The molecule has 1 fully saturated rings. The number of halogens is 1. The lowest BCUT2D eigenvalue weighted by atomic mass is 9.96. The van der Waals surface area contributed by atoms with E-state index in [-0.39, 0.29) is 24.4 Å². The zero-order chi connectivity index (χ0) is 13.9. The molecular formula is C15H23ClN2O2S. The van der Waals surface area contributed by atoms with Crippen LogP contribution < -0.4 is 10.6 Å². The van der Waals surface area contributed by atoms with Crippen LogP contribution >= 0.6 is 23.7 Å². The topological polar surface area (TPSA) is 50.4 Å². The molecule has 1 atom stereocenters. The number of ether oxygens (including phenoxy) is 1. The van der Waals surface area contributed by atoms with E-state index in [1.807, 2.05) is 0 Å². The fourth-order valence-corrected chi connectivity index (χ4v) is 4.31. The van der Waals surface area contributed by atoms with Crippen LogP contribution in [0.4, 0.5) is 5.00 Å². The van der Waals surface area contributed by atoms with Crippen LogP contribution in [0.15, 0.2) is 0 Å². The van der Waals surface area contributed by atoms with Crippen LogP contribution in [0.5, 0.6) is 0 Å². The first-order valence-corrected chi connectivity index (χ1v) is 8.28. The average Bonchev–Trinajstić information content (AvgIpc) is 2.77. The molecule has 0 aromatic carbocycles. The molecule has 1 amide bonds. The summed E-state index contributed by atoms with van der Waals surface area (Å²) in [5.41, 5.74) is 2.77. The number of fused-ring (bicyclic) bond motifs is 1. The molecule has 0 radical (unpaired) electrons. The van der Waals surface area contributed by atoms with E-state index < -0.39 is 0 Å². The highest BCUT2D eigenvalue weighted by molar-refractivity contribution is 7.16. The Morgan fingerprint density at radius 3 is 2.95 bits per heavy atom. The third-order valence-corrected chi connectivity index (χ3v) is 5.43. The van der Waals surface area contributed by atoms with Gasteiger partial charge in [0.1, 0.15) is 0 Å². The van der Waals surface area contributed by atoms with Crippen molar-refractivity contribution in [1.82, 2.24) is 5.32 Å². The maximum Gasteiger partial charge on any atom is 0.226 e. The molecule has 2 N–H and O–H groups in total. The standard InChI is InChI=1S/C15H22N2O2S.ClH/c1-10-12-4-2-3-5-13(12)20-15(10)17-14(18)8-11-9-19-7-6-16-11;/h11,16H,2-9H2,1H3,(H,17,18);1H. The number of aryl methyl sites for hydroxylation is 1. The van der Waals surface area contributed by atoms with Gasteiger partial charge in [0.25, 0.3) is 0 Å². The summed E-state index contributed by atoms with van der Waals surface area (Å²) in [4.78, 5) is 13.6. The van der Waals surface area contributed by atoms with Crippen LogP contribution in [0.2, 0.25) is 0 Å². The van der Waals surface area contributed by atoms with Crippen molar-refractivity contribution in [3.8, 4) is 0 Å². The maximum atomic E-state index is 12.1. The van der Waals surface area contributed by atoms with Gasteiger partial charge in [0.05, 0.1) is 18.2 Å². The summed E-state index contributed by atoms with van der Waals surface area (Å²) in [7, 11) is 0. The summed E-state index contributed by atoms with van der Waals surface area (Å²) in [6.45, 7) is 4.35. The van der Waals surface area contributed by atoms with E-state index in [0.717, 1.165) is 18.2 Å². The Balaban J connectivity index is 0.00000161. The molecule has 0 saturated carbocycles. The van der Waals surface area contributed by atoms with Gasteiger partial charge in [-0.3, -0.25) is 4.79 Å². The van der Waals surface area contributed by atoms with E-state index in [1.165, 1.54) is 41.7 Å². The predicted molar refractivity (Wildman–Crippen MR) is 88.8 cm³/mol. The zero-order valence-electron chi connectivity index (χ0n) is 12.4. The second-order valence-electron chi connectivity index (χ2n) is 5.64. The molecule has 1 unspecified atom stereocenters. The van der Waals surface area contributed by atoms with Gasteiger partial charge < -0.3 is 15.4 Å². The Morgan fingerprint density at radius 2 is 2.24 bits per heavy atom. The molecule has 118 valence electrons. The highest BCUT2D eigenvalue weighted by Crippen LogP contribution is 2.37. The summed E-state index contributed by atoms with van der Waals surface area (Å²) in [5, 5.41) is 7.47. The zero-order valence-corrected chi connectivity index (χ0v) is 14.0. The first-order chi connectivity index (χ1) is 9.74. The van der Waals surface area contributed by atoms with E-state index in [0.29, 0.717) is 13.0 Å². The summed E-state index contributed by atoms with van der Waals surface area (Å²) in [5.74, 6) is 0.0923. The van der Waals surface area contributed by atoms with Crippen LogP contribution in [-0.4, -0.2) is 31.7 Å². The molecular weight excluding hydrogens is 308 g/mol. The second kappa shape index (κ2) is 7.58. The van der Waals surface area contributed by atoms with Crippen molar-refractivity contribution >= 4 is 34.7 Å². The smallest absolute Gasteiger partial charge is 0.226 e. The monoisotopic (exact) mass is 330 g/mol. The fourth-order valence-electron chi connectivity index (χ4n) is 3.00. The van der Waals surface area contributed by atoms with Crippen molar-refractivity contribution in [2.24, 2.45) is 0 Å². The molecule has 1 aromatic heterocycles. The van der Waals surface area contributed by atoms with E-state index in [1.54, 1.807) is 11.3 Å². The Labute approximate surface area is 136 Å². The maximum absolute atomic E-state index is 12.1. The van der Waals surface area contributed by atoms with E-state index in [4.69, 9.17) is 4.74 Å². The molecule has 1 aliphatic heterocycles. The van der Waals surface area contributed by atoms with Crippen molar-refractivity contribution in [3.63, 3.8) is 0 Å². The first-order valence-electron chi connectivity index (χ1n) is 7.46. The summed E-state index contributed by atoms with van der Waals surface area (Å²) < 4.78 is 5.38. The quantitative estimate of drug-likeness (QED) is 0.896. The van der Waals surface area contributed by atoms with Crippen LogP contribution in [-0.2, 0) is 22.4 Å². The number of carbonyl (C=O) groups is 1. The Bertz CT molecular complexity index is 498. The lowest BCUT2D eigenvalue weighted by molar-refractivity contribution is -0.117. The van der Waals surface area contributed by atoms with Crippen molar-refractivity contribution in [3.05, 3.63) is 16.0 Å². The summed E-state index contributed by atoms with van der Waals surface area (Å²) in [6, 6.07) is 0.152. The highest BCUT2D eigenvalue weighted by Gasteiger charge is 2.21. The van der Waals surface area contributed by atoms with Gasteiger partial charge in [-0.15, -0.1) is 23.7 Å². The van der Waals surface area contributed by atoms with Gasteiger partial charge in [0.2, 0.25) is 5.91 Å². The van der Waals surface area contributed by atoms with E-state index >= 15 is 0 Å². The van der Waals surface area contributed by atoms with Gasteiger partial charge in [0.15, 0.2) is 0 Å². The molecule has 3 rings (SSSR count). The molecule has 1 aliphatic carbocycles. The number of morpholine rings is 1.